The second kappa shape index (κ2) is 15.5. The van der Waals surface area contributed by atoms with Gasteiger partial charge < -0.3 is 25.0 Å². The molecule has 2 N–H and O–H groups in total. The van der Waals surface area contributed by atoms with Crippen molar-refractivity contribution in [2.24, 2.45) is 0 Å². The number of carbonyl (C=O) groups excluding carboxylic acids is 3. The second-order valence-corrected chi connectivity index (χ2v) is 8.91. The fourth-order valence-corrected chi connectivity index (χ4v) is 4.12. The summed E-state index contributed by atoms with van der Waals surface area (Å²) in [6.45, 7) is 4.01. The molecular formula is C29H37N3O5. The molecule has 0 unspecified atom stereocenters. The van der Waals surface area contributed by atoms with Crippen LogP contribution in [-0.4, -0.2) is 67.8 Å². The highest BCUT2D eigenvalue weighted by molar-refractivity contribution is 5.87. The molecule has 3 rings (SSSR count). The van der Waals surface area contributed by atoms with Crippen LogP contribution in [0.15, 0.2) is 72.8 Å². The van der Waals surface area contributed by atoms with Gasteiger partial charge in [-0.2, -0.15) is 0 Å². The number of carbonyl (C=O) groups is 3. The molecule has 3 amide bonds. The van der Waals surface area contributed by atoms with Crippen LogP contribution in [0.2, 0.25) is 0 Å². The lowest BCUT2D eigenvalue weighted by atomic mass is 10.0. The van der Waals surface area contributed by atoms with E-state index < -0.39 is 12.0 Å². The van der Waals surface area contributed by atoms with Crippen LogP contribution in [-0.2, 0) is 31.9 Å². The van der Waals surface area contributed by atoms with Gasteiger partial charge in [0.25, 0.3) is 0 Å². The van der Waals surface area contributed by atoms with Gasteiger partial charge in [0.1, 0.15) is 6.04 Å². The first-order valence-electron chi connectivity index (χ1n) is 12.9. The van der Waals surface area contributed by atoms with Crippen LogP contribution in [0.4, 0.5) is 4.79 Å². The summed E-state index contributed by atoms with van der Waals surface area (Å²) in [5, 5.41) is 6.05. The number of nitrogens with one attached hydrogen (secondary N) is 2. The quantitative estimate of drug-likeness (QED) is 0.340. The summed E-state index contributed by atoms with van der Waals surface area (Å²) >= 11 is 0. The van der Waals surface area contributed by atoms with E-state index in [1.165, 1.54) is 6.08 Å². The van der Waals surface area contributed by atoms with Crippen LogP contribution >= 0.6 is 0 Å². The predicted molar refractivity (Wildman–Crippen MR) is 142 cm³/mol. The minimum Gasteiger partial charge on any atom is -0.463 e. The SMILES string of the molecule is CCOC(=O)/C=C/C[C@H](CCc1ccccc1)NC(=O)[C@H](Cc1ccccc1)NC(=O)N1CCOCC1. The van der Waals surface area contributed by atoms with Gasteiger partial charge in [-0.25, -0.2) is 9.59 Å². The van der Waals surface area contributed by atoms with E-state index >= 15 is 0 Å². The molecule has 1 fully saturated rings. The van der Waals surface area contributed by atoms with E-state index in [0.717, 1.165) is 17.5 Å². The number of esters is 1. The van der Waals surface area contributed by atoms with Gasteiger partial charge in [-0.05, 0) is 37.3 Å². The zero-order chi connectivity index (χ0) is 26.3. The van der Waals surface area contributed by atoms with Crippen LogP contribution in [0.3, 0.4) is 0 Å². The molecule has 0 aromatic heterocycles. The molecule has 1 heterocycles. The molecule has 1 aliphatic heterocycles. The summed E-state index contributed by atoms with van der Waals surface area (Å²) in [4.78, 5) is 39.8. The molecule has 0 bridgehead atoms. The Morgan fingerprint density at radius 2 is 1.62 bits per heavy atom. The Labute approximate surface area is 219 Å². The maximum absolute atomic E-state index is 13.5. The summed E-state index contributed by atoms with van der Waals surface area (Å²) < 4.78 is 10.3. The standard InChI is InChI=1S/C29H37N3O5/c1-2-37-27(33)15-9-14-25(17-16-23-10-5-3-6-11-23)30-28(34)26(22-24-12-7-4-8-13-24)31-29(35)32-18-20-36-21-19-32/h3-13,15,25-26H,2,14,16-22H2,1H3,(H,30,34)(H,31,35)/b15-9+/t25-,26+/m1/s1. The first-order chi connectivity index (χ1) is 18.0. The van der Waals surface area contributed by atoms with E-state index in [2.05, 4.69) is 10.6 Å². The molecular weight excluding hydrogens is 470 g/mol. The van der Waals surface area contributed by atoms with Crippen LogP contribution in [0.25, 0.3) is 0 Å². The summed E-state index contributed by atoms with van der Waals surface area (Å²) in [6.07, 6.45) is 5.40. The van der Waals surface area contributed by atoms with Gasteiger partial charge in [0.15, 0.2) is 0 Å². The van der Waals surface area contributed by atoms with E-state index in [-0.39, 0.29) is 18.0 Å². The molecule has 2 aromatic rings. The van der Waals surface area contributed by atoms with E-state index in [1.54, 1.807) is 17.9 Å². The summed E-state index contributed by atoms with van der Waals surface area (Å²) in [7, 11) is 0. The molecule has 8 heteroatoms. The van der Waals surface area contributed by atoms with E-state index in [4.69, 9.17) is 9.47 Å². The monoisotopic (exact) mass is 507 g/mol. The van der Waals surface area contributed by atoms with Crippen LogP contribution in [0.5, 0.6) is 0 Å². The van der Waals surface area contributed by atoms with Gasteiger partial charge in [0.05, 0.1) is 19.8 Å². The number of amides is 3. The molecule has 2 aromatic carbocycles. The largest absolute Gasteiger partial charge is 0.463 e. The van der Waals surface area contributed by atoms with Crippen molar-refractivity contribution in [2.45, 2.75) is 44.7 Å². The van der Waals surface area contributed by atoms with Gasteiger partial charge in [-0.3, -0.25) is 4.79 Å². The van der Waals surface area contributed by atoms with E-state index in [9.17, 15) is 14.4 Å². The number of urea groups is 1. The van der Waals surface area contributed by atoms with Crippen molar-refractivity contribution in [3.63, 3.8) is 0 Å². The third kappa shape index (κ3) is 10.1. The lowest BCUT2D eigenvalue weighted by Gasteiger charge is -2.29. The molecule has 0 saturated carbocycles. The first-order valence-corrected chi connectivity index (χ1v) is 12.9. The van der Waals surface area contributed by atoms with Crippen molar-refractivity contribution in [3.05, 3.63) is 83.9 Å². The lowest BCUT2D eigenvalue weighted by molar-refractivity contribution is -0.137. The Balaban J connectivity index is 1.70. The predicted octanol–water partition coefficient (Wildman–Crippen LogP) is 3.27. The highest BCUT2D eigenvalue weighted by atomic mass is 16.5. The van der Waals surface area contributed by atoms with Crippen molar-refractivity contribution in [1.29, 1.82) is 0 Å². The molecule has 1 saturated heterocycles. The highest BCUT2D eigenvalue weighted by Gasteiger charge is 2.26. The lowest BCUT2D eigenvalue weighted by Crippen LogP contribution is -2.55. The van der Waals surface area contributed by atoms with Gasteiger partial charge in [-0.1, -0.05) is 66.7 Å². The van der Waals surface area contributed by atoms with Gasteiger partial charge in [-0.15, -0.1) is 0 Å². The van der Waals surface area contributed by atoms with Crippen LogP contribution in [0.1, 0.15) is 30.9 Å². The van der Waals surface area contributed by atoms with E-state index in [1.807, 2.05) is 60.7 Å². The average Bonchev–Trinajstić information content (AvgIpc) is 2.93. The molecule has 37 heavy (non-hydrogen) atoms. The van der Waals surface area contributed by atoms with Crippen LogP contribution < -0.4 is 10.6 Å². The van der Waals surface area contributed by atoms with Gasteiger partial charge in [0.2, 0.25) is 5.91 Å². The summed E-state index contributed by atoms with van der Waals surface area (Å²) in [6, 6.07) is 18.4. The Bertz CT molecular complexity index is 1010. The molecule has 8 nitrogen and oxygen atoms in total. The Kier molecular flexibility index (Phi) is 11.7. The summed E-state index contributed by atoms with van der Waals surface area (Å²) in [5.74, 6) is -0.663. The first kappa shape index (κ1) is 27.9. The number of ether oxygens (including phenoxy) is 2. The number of aryl methyl sites for hydroxylation is 1. The molecule has 0 aliphatic carbocycles. The number of benzene rings is 2. The number of hydrogen-bond donors (Lipinski definition) is 2. The fraction of sp³-hybridized carbons (Fsp3) is 0.414. The third-order valence-corrected chi connectivity index (χ3v) is 6.13. The number of morpholine rings is 1. The van der Waals surface area contributed by atoms with Crippen LogP contribution in [0, 0.1) is 0 Å². The Hall–Kier alpha value is -3.65. The number of hydrogen-bond acceptors (Lipinski definition) is 5. The smallest absolute Gasteiger partial charge is 0.330 e. The van der Waals surface area contributed by atoms with Crippen molar-refractivity contribution < 1.29 is 23.9 Å². The normalized spacial score (nSPS) is 15.1. The maximum atomic E-state index is 13.5. The highest BCUT2D eigenvalue weighted by Crippen LogP contribution is 2.11. The molecule has 0 radical (unpaired) electrons. The Morgan fingerprint density at radius 3 is 2.27 bits per heavy atom. The number of rotatable bonds is 12. The molecule has 198 valence electrons. The fourth-order valence-electron chi connectivity index (χ4n) is 4.12. The number of nitrogens with zero attached hydrogens (tertiary/aromatic N) is 1. The van der Waals surface area contributed by atoms with Crippen molar-refractivity contribution in [2.75, 3.05) is 32.9 Å². The third-order valence-electron chi connectivity index (χ3n) is 6.13. The topological polar surface area (TPSA) is 97.0 Å². The Morgan fingerprint density at radius 1 is 0.973 bits per heavy atom. The zero-order valence-corrected chi connectivity index (χ0v) is 21.4. The zero-order valence-electron chi connectivity index (χ0n) is 21.4. The minimum absolute atomic E-state index is 0.225. The minimum atomic E-state index is -0.744. The van der Waals surface area contributed by atoms with Crippen molar-refractivity contribution in [3.8, 4) is 0 Å². The summed E-state index contributed by atoms with van der Waals surface area (Å²) in [5.41, 5.74) is 2.12. The second-order valence-electron chi connectivity index (χ2n) is 8.91. The molecule has 2 atom stereocenters. The molecule has 0 spiro atoms. The van der Waals surface area contributed by atoms with E-state index in [0.29, 0.717) is 52.2 Å². The van der Waals surface area contributed by atoms with Gasteiger partial charge >= 0.3 is 12.0 Å². The maximum Gasteiger partial charge on any atom is 0.330 e. The van der Waals surface area contributed by atoms with Gasteiger partial charge in [0, 0.05) is 31.6 Å². The molecule has 1 aliphatic rings. The van der Waals surface area contributed by atoms with Crippen molar-refractivity contribution >= 4 is 17.9 Å². The van der Waals surface area contributed by atoms with Crippen molar-refractivity contribution in [1.82, 2.24) is 15.5 Å². The average molecular weight is 508 g/mol.